The fourth-order valence-corrected chi connectivity index (χ4v) is 6.22. The molecule has 0 saturated heterocycles. The summed E-state index contributed by atoms with van der Waals surface area (Å²) in [4.78, 5) is 0.340. The summed E-state index contributed by atoms with van der Waals surface area (Å²) in [6.45, 7) is 6.33. The van der Waals surface area contributed by atoms with Gasteiger partial charge >= 0.3 is 0 Å². The molecule has 0 fully saturated rings. The lowest BCUT2D eigenvalue weighted by Gasteiger charge is -2.39. The van der Waals surface area contributed by atoms with Crippen molar-refractivity contribution < 1.29 is 8.42 Å². The molecule has 4 heteroatoms. The first-order valence-corrected chi connectivity index (χ1v) is 12.1. The highest BCUT2D eigenvalue weighted by atomic mass is 32.2. The molecule has 3 nitrogen and oxygen atoms in total. The van der Waals surface area contributed by atoms with Crippen molar-refractivity contribution >= 4 is 10.0 Å². The molecule has 0 spiro atoms. The number of fused-ring (bicyclic) bond motifs is 1. The van der Waals surface area contributed by atoms with Crippen molar-refractivity contribution in [2.75, 3.05) is 0 Å². The van der Waals surface area contributed by atoms with Gasteiger partial charge in [0.25, 0.3) is 10.0 Å². The summed E-state index contributed by atoms with van der Waals surface area (Å²) in [6, 6.07) is 17.3. The van der Waals surface area contributed by atoms with Crippen LogP contribution in [0.4, 0.5) is 0 Å². The summed E-state index contributed by atoms with van der Waals surface area (Å²) in [7, 11) is -3.63. The van der Waals surface area contributed by atoms with Crippen molar-refractivity contribution in [1.29, 1.82) is 0 Å². The maximum Gasteiger partial charge on any atom is 0.264 e. The third kappa shape index (κ3) is 3.54. The summed E-state index contributed by atoms with van der Waals surface area (Å²) < 4.78 is 28.6. The molecule has 2 aromatic rings. The van der Waals surface area contributed by atoms with Crippen LogP contribution >= 0.6 is 0 Å². The van der Waals surface area contributed by atoms with E-state index in [2.05, 4.69) is 56.3 Å². The van der Waals surface area contributed by atoms with Gasteiger partial charge in [0.2, 0.25) is 0 Å². The lowest BCUT2D eigenvalue weighted by Crippen LogP contribution is -2.43. The summed E-state index contributed by atoms with van der Waals surface area (Å²) >= 11 is 0. The van der Waals surface area contributed by atoms with Crippen LogP contribution in [0.15, 0.2) is 95.1 Å². The molecule has 0 N–H and O–H groups in total. The van der Waals surface area contributed by atoms with Gasteiger partial charge in [-0.2, -0.15) is 0 Å². The standard InChI is InChI=1S/C26H29NO2S/c1-4-20(5-2)23-15-16-25-26(23)24(21-9-7-6-8-10-21)17-18-27(25)30(28,29)22-13-11-19(3)12-14-22/h6-18,24-26H,4-5H2,1-3H3/t24-,25+,26+/m0/s1. The van der Waals surface area contributed by atoms with E-state index in [4.69, 9.17) is 0 Å². The molecule has 0 radical (unpaired) electrons. The first-order chi connectivity index (χ1) is 14.5. The molecular weight excluding hydrogens is 390 g/mol. The average Bonchev–Trinajstić information content (AvgIpc) is 3.20. The van der Waals surface area contributed by atoms with Crippen LogP contribution in [0.5, 0.6) is 0 Å². The van der Waals surface area contributed by atoms with E-state index in [-0.39, 0.29) is 17.9 Å². The van der Waals surface area contributed by atoms with Crippen molar-refractivity contribution in [2.45, 2.75) is 50.5 Å². The van der Waals surface area contributed by atoms with Crippen molar-refractivity contribution in [2.24, 2.45) is 5.92 Å². The van der Waals surface area contributed by atoms with Crippen molar-refractivity contribution in [1.82, 2.24) is 4.31 Å². The second-order valence-electron chi connectivity index (χ2n) is 8.07. The largest absolute Gasteiger partial charge is 0.266 e. The molecule has 1 aliphatic carbocycles. The highest BCUT2D eigenvalue weighted by molar-refractivity contribution is 7.89. The van der Waals surface area contributed by atoms with E-state index in [0.29, 0.717) is 4.90 Å². The Morgan fingerprint density at radius 1 is 0.933 bits per heavy atom. The van der Waals surface area contributed by atoms with Crippen LogP contribution in [-0.4, -0.2) is 18.8 Å². The number of benzene rings is 2. The Labute approximate surface area is 180 Å². The van der Waals surface area contributed by atoms with Crippen LogP contribution in [0.3, 0.4) is 0 Å². The minimum absolute atomic E-state index is 0.0903. The van der Waals surface area contributed by atoms with Gasteiger partial charge in [-0.05, 0) is 43.0 Å². The summed E-state index contributed by atoms with van der Waals surface area (Å²) in [6.07, 6.45) is 10.1. The first-order valence-electron chi connectivity index (χ1n) is 10.7. The zero-order valence-corrected chi connectivity index (χ0v) is 18.6. The topological polar surface area (TPSA) is 37.4 Å². The highest BCUT2D eigenvalue weighted by Crippen LogP contribution is 2.46. The molecule has 0 unspecified atom stereocenters. The van der Waals surface area contributed by atoms with E-state index in [0.717, 1.165) is 18.4 Å². The van der Waals surface area contributed by atoms with E-state index in [1.165, 1.54) is 16.7 Å². The second kappa shape index (κ2) is 8.27. The van der Waals surface area contributed by atoms with E-state index in [1.54, 1.807) is 22.6 Å². The predicted molar refractivity (Wildman–Crippen MR) is 123 cm³/mol. The fourth-order valence-electron chi connectivity index (χ4n) is 4.74. The van der Waals surface area contributed by atoms with Gasteiger partial charge in [0.15, 0.2) is 0 Å². The van der Waals surface area contributed by atoms with E-state index < -0.39 is 10.0 Å². The molecule has 0 amide bonds. The minimum atomic E-state index is -3.63. The van der Waals surface area contributed by atoms with Gasteiger partial charge < -0.3 is 0 Å². The van der Waals surface area contributed by atoms with Gasteiger partial charge in [0, 0.05) is 18.0 Å². The molecule has 0 saturated carbocycles. The van der Waals surface area contributed by atoms with Gasteiger partial charge in [-0.3, -0.25) is 4.31 Å². The van der Waals surface area contributed by atoms with Gasteiger partial charge in [-0.25, -0.2) is 8.42 Å². The molecule has 156 valence electrons. The van der Waals surface area contributed by atoms with Crippen LogP contribution < -0.4 is 0 Å². The number of sulfonamides is 1. The Hall–Kier alpha value is -2.59. The van der Waals surface area contributed by atoms with Gasteiger partial charge in [-0.1, -0.05) is 85.7 Å². The van der Waals surface area contributed by atoms with Crippen LogP contribution in [0.2, 0.25) is 0 Å². The number of hydrogen-bond acceptors (Lipinski definition) is 2. The SMILES string of the molecule is CCC(CC)=C1C=C[C@@H]2[C@H]1[C@H](c1ccccc1)C=CN2S(=O)(=O)c1ccc(C)cc1. The molecule has 1 heterocycles. The number of aryl methyl sites for hydroxylation is 1. The number of allylic oxidation sites excluding steroid dienone is 3. The summed E-state index contributed by atoms with van der Waals surface area (Å²) in [5, 5.41) is 0. The molecule has 3 atom stereocenters. The van der Waals surface area contributed by atoms with Gasteiger partial charge in [0.1, 0.15) is 0 Å². The van der Waals surface area contributed by atoms with Crippen LogP contribution in [0, 0.1) is 12.8 Å². The van der Waals surface area contributed by atoms with Gasteiger partial charge in [-0.15, -0.1) is 0 Å². The Morgan fingerprint density at radius 3 is 2.23 bits per heavy atom. The van der Waals surface area contributed by atoms with E-state index in [1.807, 2.05) is 25.1 Å². The Bertz CT molecular complexity index is 1090. The third-order valence-electron chi connectivity index (χ3n) is 6.36. The minimum Gasteiger partial charge on any atom is -0.266 e. The van der Waals surface area contributed by atoms with Crippen molar-refractivity contribution in [3.05, 3.63) is 101 Å². The smallest absolute Gasteiger partial charge is 0.264 e. The number of hydrogen-bond donors (Lipinski definition) is 0. The quantitative estimate of drug-likeness (QED) is 0.599. The molecule has 1 aliphatic heterocycles. The molecular formula is C26H29NO2S. The van der Waals surface area contributed by atoms with Crippen molar-refractivity contribution in [3.8, 4) is 0 Å². The second-order valence-corrected chi connectivity index (χ2v) is 9.91. The fraction of sp³-hybridized carbons (Fsp3) is 0.308. The van der Waals surface area contributed by atoms with E-state index >= 15 is 0 Å². The maximum atomic E-state index is 13.5. The molecule has 2 aromatic carbocycles. The zero-order chi connectivity index (χ0) is 21.3. The molecule has 0 aromatic heterocycles. The maximum absolute atomic E-state index is 13.5. The Balaban J connectivity index is 1.82. The van der Waals surface area contributed by atoms with Crippen LogP contribution in [0.25, 0.3) is 0 Å². The average molecular weight is 420 g/mol. The zero-order valence-electron chi connectivity index (χ0n) is 17.8. The predicted octanol–water partition coefficient (Wildman–Crippen LogP) is 5.97. The summed E-state index contributed by atoms with van der Waals surface area (Å²) in [5.41, 5.74) is 4.98. The third-order valence-corrected chi connectivity index (χ3v) is 8.15. The van der Waals surface area contributed by atoms with E-state index in [9.17, 15) is 8.42 Å². The first kappa shape index (κ1) is 20.7. The molecule has 2 aliphatic rings. The molecule has 0 bridgehead atoms. The lowest BCUT2D eigenvalue weighted by atomic mass is 9.76. The highest BCUT2D eigenvalue weighted by Gasteiger charge is 2.43. The van der Waals surface area contributed by atoms with Crippen LogP contribution in [0.1, 0.15) is 43.7 Å². The normalized spacial score (nSPS) is 23.0. The number of nitrogens with zero attached hydrogens (tertiary/aromatic N) is 1. The Kier molecular flexibility index (Phi) is 5.70. The van der Waals surface area contributed by atoms with Crippen LogP contribution in [-0.2, 0) is 10.0 Å². The summed E-state index contributed by atoms with van der Waals surface area (Å²) in [5.74, 6) is 0.242. The van der Waals surface area contributed by atoms with Crippen molar-refractivity contribution in [3.63, 3.8) is 0 Å². The van der Waals surface area contributed by atoms with Gasteiger partial charge in [0.05, 0.1) is 10.9 Å². The molecule has 4 rings (SSSR count). The Morgan fingerprint density at radius 2 is 1.60 bits per heavy atom. The monoisotopic (exact) mass is 419 g/mol. The number of rotatable bonds is 5. The molecule has 30 heavy (non-hydrogen) atoms. The lowest BCUT2D eigenvalue weighted by molar-refractivity contribution is 0.338.